The smallest absolute Gasteiger partial charge is 0.165 e. The van der Waals surface area contributed by atoms with Gasteiger partial charge in [-0.05, 0) is 143 Å². The van der Waals surface area contributed by atoms with Gasteiger partial charge in [0.2, 0.25) is 0 Å². The van der Waals surface area contributed by atoms with Crippen LogP contribution in [0.15, 0.2) is 255 Å². The lowest BCUT2D eigenvalue weighted by Gasteiger charge is -2.17. The van der Waals surface area contributed by atoms with Crippen LogP contribution in [0.25, 0.3) is 197 Å². The second kappa shape index (κ2) is 16.8. The first-order valence-corrected chi connectivity index (χ1v) is 29.8. The Balaban J connectivity index is 0.794. The van der Waals surface area contributed by atoms with Crippen molar-refractivity contribution in [2.24, 2.45) is 0 Å². The Labute approximate surface area is 489 Å². The summed E-state index contributed by atoms with van der Waals surface area (Å²) in [6.07, 6.45) is 0. The molecule has 18 aromatic rings. The van der Waals surface area contributed by atoms with E-state index in [2.05, 4.69) is 258 Å². The van der Waals surface area contributed by atoms with Gasteiger partial charge in [-0.25, -0.2) is 19.9 Å². The van der Waals surface area contributed by atoms with Gasteiger partial charge in [-0.1, -0.05) is 200 Å². The van der Waals surface area contributed by atoms with Crippen LogP contribution in [-0.4, -0.2) is 29.1 Å². The van der Waals surface area contributed by atoms with Crippen molar-refractivity contribution in [1.82, 2.24) is 29.1 Å². The van der Waals surface area contributed by atoms with Gasteiger partial charge in [0.05, 0.1) is 43.3 Å². The van der Waals surface area contributed by atoms with E-state index in [0.717, 1.165) is 93.7 Å². The quantitative estimate of drug-likeness (QED) is 0.172. The van der Waals surface area contributed by atoms with E-state index in [-0.39, 0.29) is 0 Å². The first kappa shape index (κ1) is 45.5. The first-order chi connectivity index (χ1) is 42.1. The van der Waals surface area contributed by atoms with Gasteiger partial charge in [0.15, 0.2) is 17.5 Å². The van der Waals surface area contributed by atoms with E-state index in [1.807, 2.05) is 6.07 Å². The van der Waals surface area contributed by atoms with Crippen LogP contribution in [0.4, 0.5) is 0 Å². The molecule has 0 aliphatic heterocycles. The Hall–Kier alpha value is -11.1. The highest BCUT2D eigenvalue weighted by atomic mass is 32.1. The predicted octanol–water partition coefficient (Wildman–Crippen LogP) is 20.7. The molecule has 0 bridgehead atoms. The average Bonchev–Trinajstić information content (AvgIpc) is 1.81. The first-order valence-electron chi connectivity index (χ1n) is 28.9. The molecule has 0 spiro atoms. The van der Waals surface area contributed by atoms with E-state index in [4.69, 9.17) is 19.9 Å². The van der Waals surface area contributed by atoms with Gasteiger partial charge in [-0.3, -0.25) is 9.13 Å². The molecule has 0 saturated carbocycles. The molecular formula is C78H42N6S. The van der Waals surface area contributed by atoms with Crippen LogP contribution in [0.3, 0.4) is 0 Å². The van der Waals surface area contributed by atoms with Crippen molar-refractivity contribution in [2.45, 2.75) is 0 Å². The largest absolute Gasteiger partial charge is 0.292 e. The van der Waals surface area contributed by atoms with Crippen LogP contribution in [0.5, 0.6) is 0 Å². The molecule has 0 unspecified atom stereocenters. The van der Waals surface area contributed by atoms with Gasteiger partial charge in [0, 0.05) is 42.8 Å². The summed E-state index contributed by atoms with van der Waals surface area (Å²) in [4.78, 5) is 22.3. The van der Waals surface area contributed by atoms with Crippen molar-refractivity contribution in [3.8, 4) is 89.9 Å². The molecule has 5 heterocycles. The van der Waals surface area contributed by atoms with Crippen molar-refractivity contribution in [3.05, 3.63) is 255 Å². The van der Waals surface area contributed by atoms with Gasteiger partial charge in [-0.15, -0.1) is 11.3 Å². The SMILES string of the molecule is c1ccc(-c2nc(-n3c4cccc5c4c4c6c(cccc6ccc43)-c3cc(-c4ccc6nc(-n7c8cccc9c8c8c%10c(cccc%10ccc87)-c7ccccc7-9)c(-c7ccc8ccccc8c7)nc6c4)ccc3-5)c3sc4ccccc4c3n2)cc1. The van der Waals surface area contributed by atoms with Crippen LogP contribution < -0.4 is 0 Å². The second-order valence-electron chi connectivity index (χ2n) is 22.8. The Kier molecular flexibility index (Phi) is 8.97. The number of thiophene rings is 1. The lowest BCUT2D eigenvalue weighted by atomic mass is 9.90. The van der Waals surface area contributed by atoms with Crippen LogP contribution in [0, 0.1) is 0 Å². The Morgan fingerprint density at radius 2 is 0.824 bits per heavy atom. The number of fused-ring (bicyclic) bond motifs is 11. The van der Waals surface area contributed by atoms with Gasteiger partial charge in [-0.2, -0.15) is 0 Å². The molecule has 0 N–H and O–H groups in total. The fraction of sp³-hybridized carbons (Fsp3) is 0. The third-order valence-corrected chi connectivity index (χ3v) is 19.5. The fourth-order valence-corrected chi connectivity index (χ4v) is 15.8. The number of aromatic nitrogens is 6. The Morgan fingerprint density at radius 1 is 0.282 bits per heavy atom. The number of benzene rings is 13. The molecule has 20 rings (SSSR count). The molecule has 0 atom stereocenters. The summed E-state index contributed by atoms with van der Waals surface area (Å²) in [5.74, 6) is 2.41. The minimum atomic E-state index is 0.713. The normalized spacial score (nSPS) is 12.5. The summed E-state index contributed by atoms with van der Waals surface area (Å²) in [5.41, 5.74) is 21.9. The van der Waals surface area contributed by atoms with Crippen LogP contribution >= 0.6 is 11.3 Å². The minimum absolute atomic E-state index is 0.713. The Bertz CT molecular complexity index is 6050. The van der Waals surface area contributed by atoms with E-state index in [9.17, 15) is 0 Å². The number of nitrogens with zero attached hydrogens (tertiary/aromatic N) is 6. The summed E-state index contributed by atoms with van der Waals surface area (Å²) in [6, 6.07) is 93.1. The monoisotopic (exact) mass is 1090 g/mol. The second-order valence-corrected chi connectivity index (χ2v) is 23.8. The molecule has 0 amide bonds. The molecule has 0 radical (unpaired) electrons. The van der Waals surface area contributed by atoms with Crippen LogP contribution in [0.1, 0.15) is 0 Å². The number of hydrogen-bond acceptors (Lipinski definition) is 5. The summed E-state index contributed by atoms with van der Waals surface area (Å²) >= 11 is 1.77. The zero-order valence-electron chi connectivity index (χ0n) is 45.3. The van der Waals surface area contributed by atoms with E-state index in [1.165, 1.54) is 97.7 Å². The van der Waals surface area contributed by atoms with Gasteiger partial charge >= 0.3 is 0 Å². The molecule has 6 nitrogen and oxygen atoms in total. The molecule has 13 aromatic carbocycles. The highest BCUT2D eigenvalue weighted by Gasteiger charge is 2.30. The van der Waals surface area contributed by atoms with Gasteiger partial charge in [0.25, 0.3) is 0 Å². The van der Waals surface area contributed by atoms with E-state index in [0.29, 0.717) is 5.82 Å². The molecular weight excluding hydrogens is 1050 g/mol. The van der Waals surface area contributed by atoms with E-state index >= 15 is 0 Å². The fourth-order valence-electron chi connectivity index (χ4n) is 14.7. The molecule has 390 valence electrons. The lowest BCUT2D eigenvalue weighted by molar-refractivity contribution is 1.08. The van der Waals surface area contributed by atoms with E-state index in [1.54, 1.807) is 11.3 Å². The maximum absolute atomic E-state index is 5.76. The molecule has 2 aliphatic rings. The zero-order chi connectivity index (χ0) is 55.2. The molecule has 5 aromatic heterocycles. The van der Waals surface area contributed by atoms with E-state index < -0.39 is 0 Å². The summed E-state index contributed by atoms with van der Waals surface area (Å²) in [7, 11) is 0. The lowest BCUT2D eigenvalue weighted by Crippen LogP contribution is -2.04. The van der Waals surface area contributed by atoms with Crippen molar-refractivity contribution < 1.29 is 0 Å². The van der Waals surface area contributed by atoms with Gasteiger partial charge < -0.3 is 0 Å². The van der Waals surface area contributed by atoms with Crippen molar-refractivity contribution in [2.75, 3.05) is 0 Å². The molecule has 0 fully saturated rings. The number of hydrogen-bond donors (Lipinski definition) is 0. The molecule has 85 heavy (non-hydrogen) atoms. The Morgan fingerprint density at radius 3 is 1.56 bits per heavy atom. The van der Waals surface area contributed by atoms with Crippen LogP contribution in [-0.2, 0) is 0 Å². The van der Waals surface area contributed by atoms with Crippen LogP contribution in [0.2, 0.25) is 0 Å². The molecule has 2 aliphatic carbocycles. The maximum atomic E-state index is 5.76. The van der Waals surface area contributed by atoms with Crippen molar-refractivity contribution in [3.63, 3.8) is 0 Å². The summed E-state index contributed by atoms with van der Waals surface area (Å²) in [6.45, 7) is 0. The van der Waals surface area contributed by atoms with Crippen molar-refractivity contribution >= 4 is 119 Å². The maximum Gasteiger partial charge on any atom is 0.165 e. The average molecular weight is 1100 g/mol. The topological polar surface area (TPSA) is 61.4 Å². The zero-order valence-corrected chi connectivity index (χ0v) is 46.2. The summed E-state index contributed by atoms with van der Waals surface area (Å²) < 4.78 is 7.06. The predicted molar refractivity (Wildman–Crippen MR) is 354 cm³/mol. The van der Waals surface area contributed by atoms with Gasteiger partial charge in [0.1, 0.15) is 5.69 Å². The standard InChI is InChI=1S/C78H42N6S/c1-2-15-46(16-3-1)76-81-74-58-22-8-9-29-66(58)85-75(74)78(82-76)84-63-28-13-26-56-53-36-32-48(41-59(53)57-24-11-19-45-35-39-65(84)72(68(45)57)70(56)63)49-33-37-60-61(42-49)79-73(50-31-30-43-14-4-5-17-47(43)40-50)77(80-60)83-62-27-12-25-55-52-21-7-6-20-51(52)54-23-10-18-44-34-38-64(83)71(67(44)54)69(55)62/h1-42H. The highest BCUT2D eigenvalue weighted by Crippen LogP contribution is 2.53. The molecule has 7 heteroatoms. The third-order valence-electron chi connectivity index (χ3n) is 18.4. The molecule has 0 saturated heterocycles. The van der Waals surface area contributed by atoms with Crippen molar-refractivity contribution in [1.29, 1.82) is 0 Å². The third kappa shape index (κ3) is 6.21. The summed E-state index contributed by atoms with van der Waals surface area (Å²) in [5, 5.41) is 13.4. The number of rotatable bonds is 5. The highest BCUT2D eigenvalue weighted by molar-refractivity contribution is 7.26. The minimum Gasteiger partial charge on any atom is -0.292 e.